The lowest BCUT2D eigenvalue weighted by Gasteiger charge is -2.42. The van der Waals surface area contributed by atoms with E-state index in [1.54, 1.807) is 0 Å². The fourth-order valence-electron chi connectivity index (χ4n) is 3.31. The summed E-state index contributed by atoms with van der Waals surface area (Å²) in [6.07, 6.45) is 4.19. The minimum absolute atomic E-state index is 0.329. The first-order chi connectivity index (χ1) is 8.01. The molecule has 0 bridgehead atoms. The van der Waals surface area contributed by atoms with Gasteiger partial charge in [0, 0.05) is 0 Å². The predicted octanol–water partition coefficient (Wildman–Crippen LogP) is 5.04. The zero-order valence-corrected chi connectivity index (χ0v) is 11.7. The van der Waals surface area contributed by atoms with Gasteiger partial charge in [-0.15, -0.1) is 0 Å². The zero-order chi connectivity index (χ0) is 12.5. The highest BCUT2D eigenvalue weighted by Gasteiger charge is 2.35. The summed E-state index contributed by atoms with van der Waals surface area (Å²) in [4.78, 5) is 0. The Labute approximate surface area is 106 Å². The molecule has 1 fully saturated rings. The summed E-state index contributed by atoms with van der Waals surface area (Å²) in [7, 11) is 0. The van der Waals surface area contributed by atoms with Crippen molar-refractivity contribution in [3.8, 4) is 0 Å². The molecule has 1 saturated carbocycles. The molecule has 2 rings (SSSR count). The van der Waals surface area contributed by atoms with Gasteiger partial charge in [0.25, 0.3) is 0 Å². The van der Waals surface area contributed by atoms with Crippen LogP contribution in [0.1, 0.15) is 52.5 Å². The highest BCUT2D eigenvalue weighted by atomic mass is 14.4. The van der Waals surface area contributed by atoms with E-state index in [0.717, 1.165) is 17.8 Å². The van der Waals surface area contributed by atoms with Gasteiger partial charge in [-0.2, -0.15) is 0 Å². The quantitative estimate of drug-likeness (QED) is 0.668. The van der Waals surface area contributed by atoms with Gasteiger partial charge in [0.15, 0.2) is 0 Å². The van der Waals surface area contributed by atoms with Crippen LogP contribution in [0.3, 0.4) is 0 Å². The summed E-state index contributed by atoms with van der Waals surface area (Å²) >= 11 is 0. The summed E-state index contributed by atoms with van der Waals surface area (Å²) in [6, 6.07) is 11.1. The molecule has 0 saturated heterocycles. The minimum Gasteiger partial charge on any atom is -0.0623 e. The van der Waals surface area contributed by atoms with E-state index in [1.165, 1.54) is 24.8 Å². The SMILES string of the molecule is CC1CCC(C(C)(C)c2ccccc2)CC1C. The molecule has 0 aromatic heterocycles. The molecule has 1 aromatic carbocycles. The Kier molecular flexibility index (Phi) is 3.61. The van der Waals surface area contributed by atoms with Crippen LogP contribution in [0.2, 0.25) is 0 Å². The Morgan fingerprint density at radius 3 is 2.18 bits per heavy atom. The van der Waals surface area contributed by atoms with Gasteiger partial charge in [-0.3, -0.25) is 0 Å². The molecule has 1 aliphatic carbocycles. The van der Waals surface area contributed by atoms with Gasteiger partial charge in [0.1, 0.15) is 0 Å². The fraction of sp³-hybridized carbons (Fsp3) is 0.647. The summed E-state index contributed by atoms with van der Waals surface area (Å²) in [5.41, 5.74) is 1.84. The molecule has 0 aliphatic heterocycles. The molecule has 1 aliphatic rings. The first-order valence-electron chi connectivity index (χ1n) is 7.07. The van der Waals surface area contributed by atoms with Crippen molar-refractivity contribution >= 4 is 0 Å². The van der Waals surface area contributed by atoms with Crippen LogP contribution in [-0.2, 0) is 5.41 Å². The van der Waals surface area contributed by atoms with Crippen molar-refractivity contribution in [3.05, 3.63) is 35.9 Å². The molecule has 0 N–H and O–H groups in total. The van der Waals surface area contributed by atoms with Gasteiger partial charge >= 0.3 is 0 Å². The largest absolute Gasteiger partial charge is 0.0623 e. The van der Waals surface area contributed by atoms with E-state index >= 15 is 0 Å². The number of hydrogen-bond donors (Lipinski definition) is 0. The minimum atomic E-state index is 0.329. The number of rotatable bonds is 2. The normalized spacial score (nSPS) is 30.2. The van der Waals surface area contributed by atoms with E-state index in [2.05, 4.69) is 58.0 Å². The summed E-state index contributed by atoms with van der Waals surface area (Å²) in [5, 5.41) is 0. The van der Waals surface area contributed by atoms with Crippen molar-refractivity contribution in [3.63, 3.8) is 0 Å². The highest BCUT2D eigenvalue weighted by Crippen LogP contribution is 2.44. The first-order valence-corrected chi connectivity index (χ1v) is 7.07. The second kappa shape index (κ2) is 4.84. The molecule has 94 valence electrons. The molecular weight excluding hydrogens is 204 g/mol. The van der Waals surface area contributed by atoms with Crippen molar-refractivity contribution < 1.29 is 0 Å². The lowest BCUT2D eigenvalue weighted by atomic mass is 9.63. The third-order valence-corrected chi connectivity index (χ3v) is 5.14. The molecule has 17 heavy (non-hydrogen) atoms. The van der Waals surface area contributed by atoms with Crippen molar-refractivity contribution in [2.45, 2.75) is 52.4 Å². The number of benzene rings is 1. The summed E-state index contributed by atoms with van der Waals surface area (Å²) in [5.74, 6) is 2.64. The van der Waals surface area contributed by atoms with Crippen molar-refractivity contribution in [1.29, 1.82) is 0 Å². The van der Waals surface area contributed by atoms with Crippen LogP contribution in [0.15, 0.2) is 30.3 Å². The second-order valence-corrected chi connectivity index (χ2v) is 6.55. The molecular formula is C17H26. The lowest BCUT2D eigenvalue weighted by Crippen LogP contribution is -2.34. The Bertz CT molecular complexity index is 350. The third kappa shape index (κ3) is 2.56. The van der Waals surface area contributed by atoms with Gasteiger partial charge in [-0.25, -0.2) is 0 Å². The van der Waals surface area contributed by atoms with E-state index in [4.69, 9.17) is 0 Å². The average molecular weight is 230 g/mol. The van der Waals surface area contributed by atoms with Crippen LogP contribution in [0.25, 0.3) is 0 Å². The van der Waals surface area contributed by atoms with E-state index in [0.29, 0.717) is 5.41 Å². The van der Waals surface area contributed by atoms with E-state index in [9.17, 15) is 0 Å². The van der Waals surface area contributed by atoms with Gasteiger partial charge in [-0.05, 0) is 41.6 Å². The molecule has 0 heteroatoms. The molecule has 0 nitrogen and oxygen atoms in total. The van der Waals surface area contributed by atoms with Crippen molar-refractivity contribution in [2.24, 2.45) is 17.8 Å². The summed E-state index contributed by atoms with van der Waals surface area (Å²) in [6.45, 7) is 9.69. The monoisotopic (exact) mass is 230 g/mol. The Balaban J connectivity index is 2.16. The van der Waals surface area contributed by atoms with Gasteiger partial charge < -0.3 is 0 Å². The van der Waals surface area contributed by atoms with E-state index < -0.39 is 0 Å². The van der Waals surface area contributed by atoms with Crippen molar-refractivity contribution in [2.75, 3.05) is 0 Å². The Morgan fingerprint density at radius 2 is 1.59 bits per heavy atom. The predicted molar refractivity (Wildman–Crippen MR) is 75.1 cm³/mol. The molecule has 0 radical (unpaired) electrons. The van der Waals surface area contributed by atoms with E-state index in [1.807, 2.05) is 0 Å². The van der Waals surface area contributed by atoms with Crippen molar-refractivity contribution in [1.82, 2.24) is 0 Å². The molecule has 0 heterocycles. The van der Waals surface area contributed by atoms with Crippen LogP contribution >= 0.6 is 0 Å². The molecule has 3 unspecified atom stereocenters. The highest BCUT2D eigenvalue weighted by molar-refractivity contribution is 5.24. The average Bonchev–Trinajstić information content (AvgIpc) is 2.33. The maximum atomic E-state index is 2.43. The lowest BCUT2D eigenvalue weighted by molar-refractivity contribution is 0.148. The van der Waals surface area contributed by atoms with Gasteiger partial charge in [0.2, 0.25) is 0 Å². The maximum Gasteiger partial charge on any atom is -0.00752 e. The number of hydrogen-bond acceptors (Lipinski definition) is 0. The summed E-state index contributed by atoms with van der Waals surface area (Å²) < 4.78 is 0. The van der Waals surface area contributed by atoms with Crippen LogP contribution in [0.5, 0.6) is 0 Å². The van der Waals surface area contributed by atoms with Crippen LogP contribution < -0.4 is 0 Å². The second-order valence-electron chi connectivity index (χ2n) is 6.55. The standard InChI is InChI=1S/C17H26/c1-13-10-11-16(12-14(13)2)17(3,4)15-8-6-5-7-9-15/h5-9,13-14,16H,10-12H2,1-4H3. The molecule has 0 spiro atoms. The first kappa shape index (κ1) is 12.7. The fourth-order valence-corrected chi connectivity index (χ4v) is 3.31. The molecule has 0 amide bonds. The van der Waals surface area contributed by atoms with Crippen LogP contribution in [0, 0.1) is 17.8 Å². The molecule has 3 atom stereocenters. The maximum absolute atomic E-state index is 2.43. The smallest absolute Gasteiger partial charge is 0.00752 e. The topological polar surface area (TPSA) is 0 Å². The Hall–Kier alpha value is -0.780. The van der Waals surface area contributed by atoms with Crippen LogP contribution in [-0.4, -0.2) is 0 Å². The third-order valence-electron chi connectivity index (χ3n) is 5.14. The van der Waals surface area contributed by atoms with Crippen LogP contribution in [0.4, 0.5) is 0 Å². The van der Waals surface area contributed by atoms with E-state index in [-0.39, 0.29) is 0 Å². The Morgan fingerprint density at radius 1 is 0.941 bits per heavy atom. The van der Waals surface area contributed by atoms with Gasteiger partial charge in [0.05, 0.1) is 0 Å². The molecule has 1 aromatic rings. The zero-order valence-electron chi connectivity index (χ0n) is 11.7. The van der Waals surface area contributed by atoms with Gasteiger partial charge in [-0.1, -0.05) is 64.4 Å².